The van der Waals surface area contributed by atoms with E-state index in [0.29, 0.717) is 36.3 Å². The maximum Gasteiger partial charge on any atom is 0.231 e. The van der Waals surface area contributed by atoms with Crippen LogP contribution in [0.3, 0.4) is 0 Å². The van der Waals surface area contributed by atoms with E-state index in [-0.39, 0.29) is 18.1 Å². The second-order valence-corrected chi connectivity index (χ2v) is 12.5. The highest BCUT2D eigenvalue weighted by atomic mass is 19.1. The lowest BCUT2D eigenvalue weighted by Gasteiger charge is -2.32. The quantitative estimate of drug-likeness (QED) is 0.380. The molecule has 8 nitrogen and oxygen atoms in total. The molecule has 2 aliphatic carbocycles. The molecular formula is C32H39FN6O2. The third-order valence-electron chi connectivity index (χ3n) is 9.48. The number of nitrogens with zero attached hydrogens (tertiary/aromatic N) is 5. The summed E-state index contributed by atoms with van der Waals surface area (Å²) in [5.74, 6) is 3.61. The van der Waals surface area contributed by atoms with Gasteiger partial charge in [-0.1, -0.05) is 6.07 Å². The van der Waals surface area contributed by atoms with Crippen LogP contribution in [0.2, 0.25) is 0 Å². The number of halogens is 1. The van der Waals surface area contributed by atoms with Crippen molar-refractivity contribution >= 4 is 17.5 Å². The zero-order chi connectivity index (χ0) is 27.9. The number of aryl methyl sites for hydroxylation is 2. The smallest absolute Gasteiger partial charge is 0.231 e. The van der Waals surface area contributed by atoms with Gasteiger partial charge in [-0.25, -0.2) is 14.4 Å². The number of rotatable bonds is 9. The Morgan fingerprint density at radius 1 is 1.12 bits per heavy atom. The predicted octanol–water partition coefficient (Wildman–Crippen LogP) is 5.37. The molecule has 9 heteroatoms. The summed E-state index contributed by atoms with van der Waals surface area (Å²) >= 11 is 0. The third-order valence-corrected chi connectivity index (χ3v) is 9.48. The molecule has 0 bridgehead atoms. The number of ether oxygens (including phenoxy) is 1. The summed E-state index contributed by atoms with van der Waals surface area (Å²) in [6, 6.07) is 4.94. The maximum atomic E-state index is 15.0. The Hall–Kier alpha value is -3.49. The van der Waals surface area contributed by atoms with E-state index in [1.54, 1.807) is 12.1 Å². The molecule has 1 aromatic carbocycles. The number of benzene rings is 1. The molecule has 1 saturated heterocycles. The van der Waals surface area contributed by atoms with Crippen molar-refractivity contribution in [2.75, 3.05) is 36.0 Å². The van der Waals surface area contributed by atoms with Gasteiger partial charge in [-0.05, 0) is 93.2 Å². The van der Waals surface area contributed by atoms with Gasteiger partial charge in [0.05, 0.1) is 30.1 Å². The van der Waals surface area contributed by atoms with Crippen LogP contribution in [-0.4, -0.2) is 52.3 Å². The number of amides is 1. The first-order valence-electron chi connectivity index (χ1n) is 15.4. The first kappa shape index (κ1) is 26.4. The number of piperidine rings is 1. The molecule has 3 aromatic rings. The van der Waals surface area contributed by atoms with Crippen molar-refractivity contribution in [1.82, 2.24) is 20.2 Å². The summed E-state index contributed by atoms with van der Waals surface area (Å²) in [6.07, 6.45) is 12.5. The normalized spacial score (nSPS) is 22.5. The predicted molar refractivity (Wildman–Crippen MR) is 155 cm³/mol. The zero-order valence-corrected chi connectivity index (χ0v) is 23.8. The Balaban J connectivity index is 0.871. The summed E-state index contributed by atoms with van der Waals surface area (Å²) in [5.41, 5.74) is 4.50. The Kier molecular flexibility index (Phi) is 7.13. The van der Waals surface area contributed by atoms with Gasteiger partial charge < -0.3 is 14.5 Å². The summed E-state index contributed by atoms with van der Waals surface area (Å²) < 4.78 is 21.0. The number of hydrogen-bond donors (Lipinski definition) is 1. The fourth-order valence-corrected chi connectivity index (χ4v) is 6.88. The molecule has 2 saturated carbocycles. The van der Waals surface area contributed by atoms with Crippen LogP contribution in [0.5, 0.6) is 5.75 Å². The van der Waals surface area contributed by atoms with E-state index >= 15 is 4.39 Å². The van der Waals surface area contributed by atoms with E-state index in [9.17, 15) is 4.79 Å². The average Bonchev–Trinajstić information content (AvgIpc) is 3.93. The van der Waals surface area contributed by atoms with Gasteiger partial charge >= 0.3 is 0 Å². The second-order valence-electron chi connectivity index (χ2n) is 12.5. The van der Waals surface area contributed by atoms with Crippen molar-refractivity contribution in [2.24, 2.45) is 17.8 Å². The van der Waals surface area contributed by atoms with Crippen molar-refractivity contribution in [3.05, 3.63) is 58.9 Å². The fourth-order valence-electron chi connectivity index (χ4n) is 6.88. The number of carbonyl (C=O) groups is 1. The van der Waals surface area contributed by atoms with Crippen molar-refractivity contribution in [2.45, 2.75) is 70.6 Å². The summed E-state index contributed by atoms with van der Waals surface area (Å²) in [7, 11) is 0. The van der Waals surface area contributed by atoms with Crippen LogP contribution in [-0.2, 0) is 17.6 Å². The highest BCUT2D eigenvalue weighted by Crippen LogP contribution is 2.50. The lowest BCUT2D eigenvalue weighted by molar-refractivity contribution is -0.118. The summed E-state index contributed by atoms with van der Waals surface area (Å²) in [5, 5.41) is 7.64. The monoisotopic (exact) mass is 558 g/mol. The highest BCUT2D eigenvalue weighted by molar-refractivity contribution is 5.96. The van der Waals surface area contributed by atoms with E-state index < -0.39 is 0 Å². The number of H-pyrrole nitrogens is 1. The Labute approximate surface area is 240 Å². The van der Waals surface area contributed by atoms with Crippen LogP contribution < -0.4 is 14.5 Å². The van der Waals surface area contributed by atoms with E-state index in [4.69, 9.17) is 4.74 Å². The molecule has 0 radical (unpaired) electrons. The largest absolute Gasteiger partial charge is 0.493 e. The minimum absolute atomic E-state index is 0.0411. The lowest BCUT2D eigenvalue weighted by Crippen LogP contribution is -2.37. The molecule has 0 spiro atoms. The first-order chi connectivity index (χ1) is 20.0. The third kappa shape index (κ3) is 5.68. The van der Waals surface area contributed by atoms with Gasteiger partial charge in [-0.3, -0.25) is 9.89 Å². The number of aromatic nitrogens is 4. The lowest BCUT2D eigenvalue weighted by atomic mass is 9.90. The molecule has 0 unspecified atom stereocenters. The van der Waals surface area contributed by atoms with Gasteiger partial charge in [0.15, 0.2) is 0 Å². The van der Waals surface area contributed by atoms with Crippen LogP contribution in [0.4, 0.5) is 16.0 Å². The molecule has 2 aliphatic heterocycles. The van der Waals surface area contributed by atoms with Gasteiger partial charge in [0.2, 0.25) is 11.9 Å². The van der Waals surface area contributed by atoms with E-state index in [0.717, 1.165) is 85.6 Å². The second kappa shape index (κ2) is 11.1. The van der Waals surface area contributed by atoms with Crippen molar-refractivity contribution in [3.63, 3.8) is 0 Å². The van der Waals surface area contributed by atoms with Crippen LogP contribution in [0.1, 0.15) is 73.4 Å². The molecule has 1 N–H and O–H groups in total. The molecule has 41 heavy (non-hydrogen) atoms. The maximum absolute atomic E-state index is 15.0. The number of anilines is 2. The fraction of sp³-hybridized carbons (Fsp3) is 0.562. The number of hydrogen-bond acceptors (Lipinski definition) is 6. The summed E-state index contributed by atoms with van der Waals surface area (Å²) in [6.45, 7) is 5.30. The van der Waals surface area contributed by atoms with Crippen LogP contribution in [0, 0.1) is 30.5 Å². The number of aromatic amines is 1. The minimum Gasteiger partial charge on any atom is -0.493 e. The van der Waals surface area contributed by atoms with Gasteiger partial charge in [0, 0.05) is 44.0 Å². The number of carbonyl (C=O) groups excluding carboxylic acids is 1. The van der Waals surface area contributed by atoms with Crippen LogP contribution >= 0.6 is 0 Å². The Morgan fingerprint density at radius 2 is 1.93 bits per heavy atom. The highest BCUT2D eigenvalue weighted by Gasteiger charge is 2.43. The summed E-state index contributed by atoms with van der Waals surface area (Å²) in [4.78, 5) is 26.4. The van der Waals surface area contributed by atoms with Gasteiger partial charge in [-0.2, -0.15) is 5.10 Å². The van der Waals surface area contributed by atoms with E-state index in [1.165, 1.54) is 25.3 Å². The molecule has 2 aromatic heterocycles. The molecule has 4 heterocycles. The van der Waals surface area contributed by atoms with Crippen molar-refractivity contribution in [3.8, 4) is 5.75 Å². The molecule has 216 valence electrons. The Bertz CT molecular complexity index is 1400. The number of fused-ring (bicyclic) bond motifs is 1. The number of nitrogens with one attached hydrogen (secondary N) is 1. The standard InChI is InChI=1S/C32H39FN6O2/c1-20-18-34-32(35-19-20)38-12-8-21(9-13-38)26-15-23(26)10-14-41-25-7-6-24(27(33)17-25)16-29(40)39-11-2-3-28-31(39)30(37-36-28)22-4-5-22/h6-7,17-19,21-23,26H,2-5,8-16H2,1H3,(H,36,37)/t23-,26-/m1/s1. The van der Waals surface area contributed by atoms with E-state index in [2.05, 4.69) is 25.1 Å². The molecule has 2 atom stereocenters. The van der Waals surface area contributed by atoms with Gasteiger partial charge in [0.25, 0.3) is 0 Å². The van der Waals surface area contributed by atoms with Crippen molar-refractivity contribution < 1.29 is 13.9 Å². The van der Waals surface area contributed by atoms with Gasteiger partial charge in [0.1, 0.15) is 11.6 Å². The van der Waals surface area contributed by atoms with E-state index in [1.807, 2.05) is 24.2 Å². The molecule has 7 rings (SSSR count). The SMILES string of the molecule is Cc1cnc(N2CCC([C@H]3C[C@H]3CCOc3ccc(CC(=O)N4CCCc5[nH]nc(C6CC6)c54)c(F)c3)CC2)nc1. The molecule has 4 aliphatic rings. The molecule has 1 amide bonds. The van der Waals surface area contributed by atoms with Gasteiger partial charge in [-0.15, -0.1) is 0 Å². The molecule has 3 fully saturated rings. The topological polar surface area (TPSA) is 87.2 Å². The molecular weight excluding hydrogens is 519 g/mol. The van der Waals surface area contributed by atoms with Crippen LogP contribution in [0.25, 0.3) is 0 Å². The van der Waals surface area contributed by atoms with Crippen LogP contribution in [0.15, 0.2) is 30.6 Å². The first-order valence-corrected chi connectivity index (χ1v) is 15.4. The minimum atomic E-state index is -0.378. The van der Waals surface area contributed by atoms with Crippen molar-refractivity contribution in [1.29, 1.82) is 0 Å². The Morgan fingerprint density at radius 3 is 2.68 bits per heavy atom. The average molecular weight is 559 g/mol. The zero-order valence-electron chi connectivity index (χ0n) is 23.8.